The van der Waals surface area contributed by atoms with E-state index in [0.717, 1.165) is 39.8 Å². The van der Waals surface area contributed by atoms with Gasteiger partial charge in [0, 0.05) is 50.3 Å². The zero-order valence-corrected chi connectivity index (χ0v) is 42.6. The Morgan fingerprint density at radius 1 is 0.244 bits per heavy atom. The van der Waals surface area contributed by atoms with Crippen LogP contribution in [-0.4, -0.2) is 11.3 Å². The molecule has 2 aliphatic rings. The highest BCUT2D eigenvalue weighted by atomic mass is 15.2. The predicted molar refractivity (Wildman–Crippen MR) is 332 cm³/mol. The minimum atomic E-state index is -0.121. The summed E-state index contributed by atoms with van der Waals surface area (Å²) in [6.07, 6.45) is 0. The van der Waals surface area contributed by atoms with E-state index in [1.165, 1.54) is 104 Å². The van der Waals surface area contributed by atoms with Crippen LogP contribution in [0.1, 0.15) is 0 Å². The standard InChI is InChI=1S/C74H48BN3/c1-5-19-49(20-6-1)53-33-39-57(40-34-53)76-68-43-37-55(51-23-9-3-10-24-51)45-65(68)75-66-46-56(52-25-11-4-12-26-52)38-44-69(66)77(58-41-35-54(36-42-58)50-21-7-2-8-22-50)71-48-59(47-70(76)73(71)75)78-67-32-18-17-31-64(67)72-62-29-15-13-27-60(62)61-28-14-16-30-63(61)74(72)78/h1-48H. The molecule has 3 nitrogen and oxygen atoms in total. The van der Waals surface area contributed by atoms with E-state index in [9.17, 15) is 0 Å². The van der Waals surface area contributed by atoms with E-state index in [0.29, 0.717) is 0 Å². The Labute approximate surface area is 453 Å². The van der Waals surface area contributed by atoms with Crippen molar-refractivity contribution in [1.29, 1.82) is 0 Å². The second-order valence-electron chi connectivity index (χ2n) is 20.8. The fourth-order valence-corrected chi connectivity index (χ4v) is 13.1. The van der Waals surface area contributed by atoms with E-state index in [1.807, 2.05) is 0 Å². The van der Waals surface area contributed by atoms with Crippen LogP contribution in [0.25, 0.3) is 93.5 Å². The maximum Gasteiger partial charge on any atom is 0.252 e. The number of hydrogen-bond acceptors (Lipinski definition) is 2. The summed E-state index contributed by atoms with van der Waals surface area (Å²) in [4.78, 5) is 5.11. The van der Waals surface area contributed by atoms with Gasteiger partial charge in [-0.2, -0.15) is 0 Å². The molecule has 0 saturated heterocycles. The normalized spacial score (nSPS) is 12.5. The van der Waals surface area contributed by atoms with E-state index in [2.05, 4.69) is 306 Å². The van der Waals surface area contributed by atoms with Crippen LogP contribution in [0.15, 0.2) is 291 Å². The lowest BCUT2D eigenvalue weighted by Gasteiger charge is -2.44. The highest BCUT2D eigenvalue weighted by Crippen LogP contribution is 2.49. The number of hydrogen-bond donors (Lipinski definition) is 0. The van der Waals surface area contributed by atoms with Crippen LogP contribution in [0.5, 0.6) is 0 Å². The Morgan fingerprint density at radius 2 is 0.603 bits per heavy atom. The maximum atomic E-state index is 2.57. The molecule has 362 valence electrons. The molecular weight excluding hydrogens is 942 g/mol. The van der Waals surface area contributed by atoms with Crippen molar-refractivity contribution in [2.24, 2.45) is 0 Å². The molecule has 78 heavy (non-hydrogen) atoms. The van der Waals surface area contributed by atoms with E-state index in [1.54, 1.807) is 0 Å². The van der Waals surface area contributed by atoms with Crippen LogP contribution in [-0.2, 0) is 0 Å². The molecule has 2 aliphatic heterocycles. The summed E-state index contributed by atoms with van der Waals surface area (Å²) < 4.78 is 2.57. The highest BCUT2D eigenvalue weighted by molar-refractivity contribution is 7.00. The third kappa shape index (κ3) is 6.86. The van der Waals surface area contributed by atoms with Gasteiger partial charge in [-0.1, -0.05) is 237 Å². The molecule has 0 saturated carbocycles. The van der Waals surface area contributed by atoms with Gasteiger partial charge < -0.3 is 14.4 Å². The molecule has 0 N–H and O–H groups in total. The minimum absolute atomic E-state index is 0.121. The van der Waals surface area contributed by atoms with E-state index in [-0.39, 0.29) is 6.71 Å². The van der Waals surface area contributed by atoms with Gasteiger partial charge in [-0.15, -0.1) is 0 Å². The maximum absolute atomic E-state index is 2.57. The second-order valence-corrected chi connectivity index (χ2v) is 20.8. The Balaban J connectivity index is 1.04. The van der Waals surface area contributed by atoms with Gasteiger partial charge in [0.05, 0.1) is 16.7 Å². The van der Waals surface area contributed by atoms with Crippen LogP contribution in [0.4, 0.5) is 34.1 Å². The molecule has 14 aromatic rings. The first-order chi connectivity index (χ1) is 38.7. The van der Waals surface area contributed by atoms with E-state index >= 15 is 0 Å². The first-order valence-electron chi connectivity index (χ1n) is 27.0. The topological polar surface area (TPSA) is 11.4 Å². The average molecular weight is 990 g/mol. The Bertz CT molecular complexity index is 4450. The molecule has 0 amide bonds. The summed E-state index contributed by atoms with van der Waals surface area (Å²) in [7, 11) is 0. The van der Waals surface area contributed by atoms with Crippen LogP contribution in [0, 0.1) is 0 Å². The van der Waals surface area contributed by atoms with Gasteiger partial charge in [0.25, 0.3) is 6.71 Å². The number of rotatable bonds is 7. The molecule has 0 atom stereocenters. The fourth-order valence-electron chi connectivity index (χ4n) is 13.1. The minimum Gasteiger partial charge on any atom is -0.311 e. The SMILES string of the molecule is c1ccc(-c2ccc(N3c4ccc(-c5ccccc5)cc4B4c5cc(-c6ccccc6)ccc5N(c5ccc(-c6ccccc6)cc5)c5cc(-n6c7ccccc7c7c8ccccc8c8ccccc8c76)cc3c54)cc2)cc1. The Hall–Kier alpha value is -10.2. The predicted octanol–water partition coefficient (Wildman–Crippen LogP) is 17.8. The van der Waals surface area contributed by atoms with Crippen molar-refractivity contribution in [3.05, 3.63) is 291 Å². The molecular formula is C74H48BN3. The lowest BCUT2D eigenvalue weighted by atomic mass is 9.33. The number of para-hydroxylation sites is 1. The fraction of sp³-hybridized carbons (Fsp3) is 0. The van der Waals surface area contributed by atoms with Crippen molar-refractivity contribution in [1.82, 2.24) is 4.57 Å². The summed E-state index contributed by atoms with van der Waals surface area (Å²) in [5.74, 6) is 0. The average Bonchev–Trinajstić information content (AvgIpc) is 4.06. The third-order valence-corrected chi connectivity index (χ3v) is 16.5. The summed E-state index contributed by atoms with van der Waals surface area (Å²) in [6.45, 7) is -0.121. The van der Waals surface area contributed by atoms with Crippen LogP contribution in [0.3, 0.4) is 0 Å². The Morgan fingerprint density at radius 3 is 1.08 bits per heavy atom. The largest absolute Gasteiger partial charge is 0.311 e. The van der Waals surface area contributed by atoms with Gasteiger partial charge >= 0.3 is 0 Å². The molecule has 13 aromatic carbocycles. The number of benzene rings is 13. The second kappa shape index (κ2) is 17.7. The Kier molecular flexibility index (Phi) is 10.0. The molecule has 0 aliphatic carbocycles. The van der Waals surface area contributed by atoms with Crippen LogP contribution in [0.2, 0.25) is 0 Å². The van der Waals surface area contributed by atoms with Gasteiger partial charge in [0.2, 0.25) is 0 Å². The van der Waals surface area contributed by atoms with E-state index in [4.69, 9.17) is 0 Å². The first kappa shape index (κ1) is 44.2. The molecule has 0 spiro atoms. The zero-order valence-electron chi connectivity index (χ0n) is 42.6. The summed E-state index contributed by atoms with van der Waals surface area (Å²) >= 11 is 0. The quantitative estimate of drug-likeness (QED) is 0.116. The van der Waals surface area contributed by atoms with Gasteiger partial charge in [0.1, 0.15) is 0 Å². The molecule has 3 heterocycles. The van der Waals surface area contributed by atoms with Crippen molar-refractivity contribution in [2.45, 2.75) is 0 Å². The van der Waals surface area contributed by atoms with E-state index < -0.39 is 0 Å². The van der Waals surface area contributed by atoms with Gasteiger partial charge in [0.15, 0.2) is 0 Å². The lowest BCUT2D eigenvalue weighted by molar-refractivity contribution is 1.16. The van der Waals surface area contributed by atoms with Crippen molar-refractivity contribution in [2.75, 3.05) is 9.80 Å². The third-order valence-electron chi connectivity index (χ3n) is 16.5. The zero-order chi connectivity index (χ0) is 51.3. The van der Waals surface area contributed by atoms with Crippen molar-refractivity contribution in [3.8, 4) is 50.2 Å². The number of anilines is 6. The lowest BCUT2D eigenvalue weighted by Crippen LogP contribution is -2.61. The summed E-state index contributed by atoms with van der Waals surface area (Å²) in [5.41, 5.74) is 23.6. The number of aromatic nitrogens is 1. The van der Waals surface area contributed by atoms with Crippen molar-refractivity contribution in [3.63, 3.8) is 0 Å². The molecule has 1 aromatic heterocycles. The molecule has 0 unspecified atom stereocenters. The van der Waals surface area contributed by atoms with Crippen molar-refractivity contribution < 1.29 is 0 Å². The number of nitrogens with zero attached hydrogens (tertiary/aromatic N) is 3. The molecule has 0 fully saturated rings. The number of fused-ring (bicyclic) bond motifs is 12. The van der Waals surface area contributed by atoms with Crippen LogP contribution < -0.4 is 26.2 Å². The first-order valence-corrected chi connectivity index (χ1v) is 27.0. The molecule has 0 radical (unpaired) electrons. The summed E-state index contributed by atoms with van der Waals surface area (Å²) in [5, 5.41) is 7.50. The van der Waals surface area contributed by atoms with Gasteiger partial charge in [-0.25, -0.2) is 0 Å². The van der Waals surface area contributed by atoms with Crippen molar-refractivity contribution >= 4 is 101 Å². The molecule has 16 rings (SSSR count). The molecule has 0 bridgehead atoms. The monoisotopic (exact) mass is 989 g/mol. The van der Waals surface area contributed by atoms with Gasteiger partial charge in [-0.05, 0) is 132 Å². The van der Waals surface area contributed by atoms with Gasteiger partial charge in [-0.3, -0.25) is 0 Å². The summed E-state index contributed by atoms with van der Waals surface area (Å²) in [6, 6.07) is 108. The highest BCUT2D eigenvalue weighted by Gasteiger charge is 2.44. The molecule has 4 heteroatoms. The smallest absolute Gasteiger partial charge is 0.252 e. The van der Waals surface area contributed by atoms with Crippen LogP contribution >= 0.6 is 0 Å².